The standard InChI is InChI=1S/C50H29N3S2/c1-3-12-30(13-4-1)32-23-27-45-39(28-32)37-24-26-43-46(49(37)55-45)40-29-33(34-18-11-19-36-35-16-8-10-21-44(35)54-48(34)36)22-25-42(40)53(43)50-51-41-20-9-7-17-38(41)47(52-50)31-14-5-2-6-15-31/h1-29H. The number of benzene rings is 8. The Morgan fingerprint density at radius 3 is 1.91 bits per heavy atom. The summed E-state index contributed by atoms with van der Waals surface area (Å²) in [4.78, 5) is 10.7. The summed E-state index contributed by atoms with van der Waals surface area (Å²) < 4.78 is 7.47. The van der Waals surface area contributed by atoms with Crippen LogP contribution in [0.1, 0.15) is 0 Å². The molecule has 12 rings (SSSR count). The highest BCUT2D eigenvalue weighted by molar-refractivity contribution is 7.27. The molecule has 0 aliphatic rings. The first-order valence-electron chi connectivity index (χ1n) is 18.5. The molecule has 4 heterocycles. The fourth-order valence-electron chi connectivity index (χ4n) is 8.49. The maximum Gasteiger partial charge on any atom is 0.235 e. The maximum absolute atomic E-state index is 5.38. The number of para-hydroxylation sites is 1. The number of hydrogen-bond donors (Lipinski definition) is 0. The third-order valence-electron chi connectivity index (χ3n) is 11.0. The Morgan fingerprint density at radius 2 is 1.04 bits per heavy atom. The van der Waals surface area contributed by atoms with Crippen LogP contribution in [0.15, 0.2) is 176 Å². The molecule has 0 spiro atoms. The van der Waals surface area contributed by atoms with E-state index < -0.39 is 0 Å². The molecule has 0 aliphatic heterocycles. The molecule has 0 N–H and O–H groups in total. The topological polar surface area (TPSA) is 30.7 Å². The number of nitrogens with zero attached hydrogens (tertiary/aromatic N) is 3. The second-order valence-corrected chi connectivity index (χ2v) is 16.2. The summed E-state index contributed by atoms with van der Waals surface area (Å²) in [5.41, 5.74) is 10.0. The predicted molar refractivity (Wildman–Crippen MR) is 236 cm³/mol. The Balaban J connectivity index is 1.18. The number of thiophene rings is 2. The van der Waals surface area contributed by atoms with Gasteiger partial charge in [0.15, 0.2) is 0 Å². The maximum atomic E-state index is 5.38. The highest BCUT2D eigenvalue weighted by atomic mass is 32.1. The van der Waals surface area contributed by atoms with E-state index >= 15 is 0 Å². The van der Waals surface area contributed by atoms with Crippen molar-refractivity contribution in [1.82, 2.24) is 14.5 Å². The molecular formula is C50H29N3S2. The summed E-state index contributed by atoms with van der Waals surface area (Å²) in [5.74, 6) is 0.670. The van der Waals surface area contributed by atoms with E-state index in [1.807, 2.05) is 22.7 Å². The molecule has 12 aromatic rings. The average Bonchev–Trinajstić information content (AvgIpc) is 3.93. The monoisotopic (exact) mass is 735 g/mol. The first-order chi connectivity index (χ1) is 27.3. The van der Waals surface area contributed by atoms with Gasteiger partial charge >= 0.3 is 0 Å². The lowest BCUT2D eigenvalue weighted by Crippen LogP contribution is -2.03. The molecule has 0 saturated heterocycles. The second-order valence-electron chi connectivity index (χ2n) is 14.1. The molecule has 0 fully saturated rings. The van der Waals surface area contributed by atoms with Crippen LogP contribution >= 0.6 is 22.7 Å². The van der Waals surface area contributed by atoms with Gasteiger partial charge in [-0.3, -0.25) is 4.57 Å². The van der Waals surface area contributed by atoms with Crippen molar-refractivity contribution in [2.75, 3.05) is 0 Å². The number of hydrogen-bond acceptors (Lipinski definition) is 4. The van der Waals surface area contributed by atoms with Crippen LogP contribution in [-0.2, 0) is 0 Å². The van der Waals surface area contributed by atoms with Gasteiger partial charge < -0.3 is 0 Å². The molecule has 0 saturated carbocycles. The van der Waals surface area contributed by atoms with Gasteiger partial charge in [0, 0.05) is 62.1 Å². The van der Waals surface area contributed by atoms with E-state index in [-0.39, 0.29) is 0 Å². The van der Waals surface area contributed by atoms with Crippen LogP contribution in [0.5, 0.6) is 0 Å². The van der Waals surface area contributed by atoms with Crippen LogP contribution in [0.2, 0.25) is 0 Å². The summed E-state index contributed by atoms with van der Waals surface area (Å²) >= 11 is 3.75. The third kappa shape index (κ3) is 4.67. The van der Waals surface area contributed by atoms with Gasteiger partial charge in [-0.25, -0.2) is 9.97 Å². The van der Waals surface area contributed by atoms with Crippen molar-refractivity contribution in [2.45, 2.75) is 0 Å². The van der Waals surface area contributed by atoms with E-state index in [2.05, 4.69) is 180 Å². The molecule has 0 amide bonds. The molecule has 55 heavy (non-hydrogen) atoms. The van der Waals surface area contributed by atoms with Crippen LogP contribution < -0.4 is 0 Å². The van der Waals surface area contributed by atoms with Crippen LogP contribution in [0, 0.1) is 0 Å². The first kappa shape index (κ1) is 30.8. The molecule has 0 atom stereocenters. The Hall–Kier alpha value is -6.66. The van der Waals surface area contributed by atoms with Crippen molar-refractivity contribution in [3.8, 4) is 39.5 Å². The van der Waals surface area contributed by atoms with Gasteiger partial charge in [-0.05, 0) is 64.7 Å². The molecule has 8 aromatic carbocycles. The summed E-state index contributed by atoms with van der Waals surface area (Å²) in [6.45, 7) is 0. The fraction of sp³-hybridized carbons (Fsp3) is 0. The van der Waals surface area contributed by atoms with Crippen LogP contribution in [-0.4, -0.2) is 14.5 Å². The minimum absolute atomic E-state index is 0.670. The molecule has 3 nitrogen and oxygen atoms in total. The van der Waals surface area contributed by atoms with Crippen molar-refractivity contribution in [1.29, 1.82) is 0 Å². The molecule has 0 radical (unpaired) electrons. The quantitative estimate of drug-likeness (QED) is 0.180. The molecule has 4 aromatic heterocycles. The Morgan fingerprint density at radius 1 is 0.382 bits per heavy atom. The zero-order valence-electron chi connectivity index (χ0n) is 29.4. The third-order valence-corrected chi connectivity index (χ3v) is 13.5. The number of aromatic nitrogens is 3. The minimum atomic E-state index is 0.670. The van der Waals surface area contributed by atoms with E-state index in [1.54, 1.807) is 0 Å². The van der Waals surface area contributed by atoms with Crippen molar-refractivity contribution in [3.05, 3.63) is 176 Å². The van der Waals surface area contributed by atoms with Crippen LogP contribution in [0.3, 0.4) is 0 Å². The van der Waals surface area contributed by atoms with E-state index in [4.69, 9.17) is 9.97 Å². The highest BCUT2D eigenvalue weighted by Crippen LogP contribution is 2.46. The Bertz CT molecular complexity index is 3480. The molecule has 0 aliphatic carbocycles. The SMILES string of the molecule is c1ccc(-c2ccc3sc4c(ccc5c4c4cc(-c6cccc7c6sc6ccccc67)ccc4n5-c4nc(-c5ccccc5)c5ccccc5n4)c3c2)cc1. The zero-order valence-corrected chi connectivity index (χ0v) is 31.0. The van der Waals surface area contributed by atoms with Crippen molar-refractivity contribution in [3.63, 3.8) is 0 Å². The van der Waals surface area contributed by atoms with Crippen LogP contribution in [0.25, 0.3) is 113 Å². The number of fused-ring (bicyclic) bond motifs is 11. The van der Waals surface area contributed by atoms with Gasteiger partial charge in [0.1, 0.15) is 0 Å². The summed E-state index contributed by atoms with van der Waals surface area (Å²) in [6, 6.07) is 63.4. The normalized spacial score (nSPS) is 12.0. The molecule has 0 bridgehead atoms. The second kappa shape index (κ2) is 11.9. The van der Waals surface area contributed by atoms with E-state index in [1.165, 1.54) is 73.4 Å². The van der Waals surface area contributed by atoms with E-state index in [9.17, 15) is 0 Å². The highest BCUT2D eigenvalue weighted by Gasteiger charge is 2.22. The van der Waals surface area contributed by atoms with E-state index in [0.717, 1.165) is 33.2 Å². The summed E-state index contributed by atoms with van der Waals surface area (Å²) in [6.07, 6.45) is 0. The van der Waals surface area contributed by atoms with E-state index in [0.29, 0.717) is 5.95 Å². The van der Waals surface area contributed by atoms with Gasteiger partial charge in [0.2, 0.25) is 5.95 Å². The lowest BCUT2D eigenvalue weighted by Gasteiger charge is -2.12. The predicted octanol–water partition coefficient (Wildman–Crippen LogP) is 14.5. The number of rotatable bonds is 4. The van der Waals surface area contributed by atoms with Crippen molar-refractivity contribution >= 4 is 95.7 Å². The average molecular weight is 736 g/mol. The van der Waals surface area contributed by atoms with Crippen molar-refractivity contribution < 1.29 is 0 Å². The lowest BCUT2D eigenvalue weighted by atomic mass is 9.99. The summed E-state index contributed by atoms with van der Waals surface area (Å²) in [7, 11) is 0. The smallest absolute Gasteiger partial charge is 0.235 e. The first-order valence-corrected chi connectivity index (χ1v) is 20.1. The van der Waals surface area contributed by atoms with Gasteiger partial charge in [-0.15, -0.1) is 22.7 Å². The van der Waals surface area contributed by atoms with Crippen molar-refractivity contribution in [2.24, 2.45) is 0 Å². The van der Waals surface area contributed by atoms with Crippen LogP contribution in [0.4, 0.5) is 0 Å². The molecule has 0 unspecified atom stereocenters. The minimum Gasteiger partial charge on any atom is -0.278 e. The largest absolute Gasteiger partial charge is 0.278 e. The summed E-state index contributed by atoms with van der Waals surface area (Å²) in [5, 5.41) is 8.64. The van der Waals surface area contributed by atoms with Gasteiger partial charge in [0.25, 0.3) is 0 Å². The van der Waals surface area contributed by atoms with Gasteiger partial charge in [-0.2, -0.15) is 0 Å². The lowest BCUT2D eigenvalue weighted by molar-refractivity contribution is 1.01. The Labute approximate surface area is 324 Å². The zero-order chi connectivity index (χ0) is 36.0. The molecule has 5 heteroatoms. The Kier molecular flexibility index (Phi) is 6.67. The molecular weight excluding hydrogens is 707 g/mol. The van der Waals surface area contributed by atoms with Gasteiger partial charge in [0.05, 0.1) is 22.2 Å². The fourth-order valence-corrected chi connectivity index (χ4v) is 11.0. The molecule has 256 valence electrons. The van der Waals surface area contributed by atoms with Gasteiger partial charge in [-0.1, -0.05) is 133 Å².